The van der Waals surface area contributed by atoms with Crippen molar-refractivity contribution in [1.29, 1.82) is 0 Å². The molecule has 0 spiro atoms. The lowest BCUT2D eigenvalue weighted by atomic mass is 9.92. The van der Waals surface area contributed by atoms with E-state index in [1.54, 1.807) is 0 Å². The fourth-order valence-corrected chi connectivity index (χ4v) is 3.66. The van der Waals surface area contributed by atoms with E-state index < -0.39 is 0 Å². The normalized spacial score (nSPS) is 10.7. The van der Waals surface area contributed by atoms with Crippen LogP contribution in [0.1, 0.15) is 0 Å². The molecule has 27 heavy (non-hydrogen) atoms. The van der Waals surface area contributed by atoms with Gasteiger partial charge in [0.15, 0.2) is 0 Å². The molecule has 0 amide bonds. The summed E-state index contributed by atoms with van der Waals surface area (Å²) < 4.78 is 2.02. The van der Waals surface area contributed by atoms with Crippen molar-refractivity contribution in [2.24, 2.45) is 0 Å². The number of hydrogen-bond donors (Lipinski definition) is 1. The summed E-state index contributed by atoms with van der Waals surface area (Å²) in [6.07, 6.45) is 0. The predicted molar refractivity (Wildman–Crippen MR) is 120 cm³/mol. The molecule has 0 aliphatic rings. The van der Waals surface area contributed by atoms with Crippen LogP contribution in [0.15, 0.2) is 99.9 Å². The first-order valence-electron chi connectivity index (χ1n) is 8.56. The first-order valence-corrected chi connectivity index (χ1v) is 10.1. The third kappa shape index (κ3) is 3.85. The standard InChI is InChI=1S/C24H16Br2O/c25-20-10-6-17(7-11-20)22-14-19(16-4-2-1-3-5-16)15-23(24(22)27)18-8-12-21(26)13-9-18/h1-15,27H. The highest BCUT2D eigenvalue weighted by molar-refractivity contribution is 9.10. The molecule has 0 saturated heterocycles. The van der Waals surface area contributed by atoms with Crippen LogP contribution in [0.25, 0.3) is 33.4 Å². The molecule has 0 aliphatic carbocycles. The largest absolute Gasteiger partial charge is 0.507 e. The molecule has 0 aromatic heterocycles. The monoisotopic (exact) mass is 478 g/mol. The summed E-state index contributed by atoms with van der Waals surface area (Å²) in [5.74, 6) is 0.291. The van der Waals surface area contributed by atoms with Crippen LogP contribution in [-0.4, -0.2) is 5.11 Å². The van der Waals surface area contributed by atoms with Gasteiger partial charge in [0, 0.05) is 20.1 Å². The lowest BCUT2D eigenvalue weighted by molar-refractivity contribution is 0.479. The van der Waals surface area contributed by atoms with Gasteiger partial charge >= 0.3 is 0 Å². The maximum Gasteiger partial charge on any atom is 0.131 e. The molecule has 0 heterocycles. The molecule has 0 unspecified atom stereocenters. The quantitative estimate of drug-likeness (QED) is 0.316. The molecule has 0 saturated carbocycles. The highest BCUT2D eigenvalue weighted by Crippen LogP contribution is 2.42. The van der Waals surface area contributed by atoms with Gasteiger partial charge in [0.25, 0.3) is 0 Å². The van der Waals surface area contributed by atoms with Crippen LogP contribution in [0.2, 0.25) is 0 Å². The van der Waals surface area contributed by atoms with Crippen LogP contribution in [0.3, 0.4) is 0 Å². The van der Waals surface area contributed by atoms with Crippen molar-refractivity contribution in [3.63, 3.8) is 0 Å². The molecular formula is C24H16Br2O. The Bertz CT molecular complexity index is 1000. The van der Waals surface area contributed by atoms with E-state index in [9.17, 15) is 5.11 Å². The number of phenolic OH excluding ortho intramolecular Hbond substituents is 1. The molecule has 4 rings (SSSR count). The molecule has 4 aromatic rings. The molecule has 0 bridgehead atoms. The van der Waals surface area contributed by atoms with E-state index in [2.05, 4.69) is 56.1 Å². The van der Waals surface area contributed by atoms with E-state index in [1.807, 2.05) is 66.7 Å². The van der Waals surface area contributed by atoms with E-state index in [4.69, 9.17) is 0 Å². The Labute approximate surface area is 175 Å². The summed E-state index contributed by atoms with van der Waals surface area (Å²) in [5.41, 5.74) is 5.79. The van der Waals surface area contributed by atoms with Gasteiger partial charge in [-0.25, -0.2) is 0 Å². The third-order valence-corrected chi connectivity index (χ3v) is 5.58. The van der Waals surface area contributed by atoms with Crippen molar-refractivity contribution in [2.45, 2.75) is 0 Å². The van der Waals surface area contributed by atoms with Crippen LogP contribution in [-0.2, 0) is 0 Å². The summed E-state index contributed by atoms with van der Waals surface area (Å²) in [6.45, 7) is 0. The number of rotatable bonds is 3. The fraction of sp³-hybridized carbons (Fsp3) is 0. The zero-order valence-electron chi connectivity index (χ0n) is 14.4. The lowest BCUT2D eigenvalue weighted by Crippen LogP contribution is -1.88. The second-order valence-electron chi connectivity index (χ2n) is 6.30. The van der Waals surface area contributed by atoms with Crippen molar-refractivity contribution >= 4 is 31.9 Å². The number of hydrogen-bond acceptors (Lipinski definition) is 1. The molecule has 3 heteroatoms. The average molecular weight is 480 g/mol. The maximum atomic E-state index is 11.1. The minimum Gasteiger partial charge on any atom is -0.507 e. The summed E-state index contributed by atoms with van der Waals surface area (Å²) in [4.78, 5) is 0. The highest BCUT2D eigenvalue weighted by Gasteiger charge is 2.14. The Morgan fingerprint density at radius 1 is 0.481 bits per heavy atom. The van der Waals surface area contributed by atoms with E-state index in [1.165, 1.54) is 0 Å². The van der Waals surface area contributed by atoms with Crippen molar-refractivity contribution in [3.05, 3.63) is 99.9 Å². The Balaban J connectivity index is 1.96. The summed E-state index contributed by atoms with van der Waals surface area (Å²) in [5, 5.41) is 11.1. The van der Waals surface area contributed by atoms with Gasteiger partial charge in [0.1, 0.15) is 5.75 Å². The van der Waals surface area contributed by atoms with Crippen molar-refractivity contribution in [3.8, 4) is 39.1 Å². The minimum atomic E-state index is 0.291. The lowest BCUT2D eigenvalue weighted by Gasteiger charge is -2.14. The van der Waals surface area contributed by atoms with Gasteiger partial charge in [-0.15, -0.1) is 0 Å². The molecule has 1 N–H and O–H groups in total. The highest BCUT2D eigenvalue weighted by atomic mass is 79.9. The summed E-state index contributed by atoms with van der Waals surface area (Å²) in [6, 6.07) is 30.4. The second-order valence-corrected chi connectivity index (χ2v) is 8.13. The van der Waals surface area contributed by atoms with Gasteiger partial charge in [0.2, 0.25) is 0 Å². The minimum absolute atomic E-state index is 0.291. The Morgan fingerprint density at radius 3 is 1.37 bits per heavy atom. The van der Waals surface area contributed by atoms with Gasteiger partial charge in [-0.2, -0.15) is 0 Å². The van der Waals surface area contributed by atoms with Gasteiger partial charge in [-0.05, 0) is 58.7 Å². The topological polar surface area (TPSA) is 20.2 Å². The number of halogens is 2. The van der Waals surface area contributed by atoms with Crippen LogP contribution >= 0.6 is 31.9 Å². The molecule has 0 radical (unpaired) electrons. The number of benzene rings is 4. The van der Waals surface area contributed by atoms with Gasteiger partial charge in [0.05, 0.1) is 0 Å². The Hall–Kier alpha value is -2.36. The smallest absolute Gasteiger partial charge is 0.131 e. The van der Waals surface area contributed by atoms with Gasteiger partial charge < -0.3 is 5.11 Å². The molecule has 0 aliphatic heterocycles. The average Bonchev–Trinajstić information content (AvgIpc) is 2.70. The maximum absolute atomic E-state index is 11.1. The van der Waals surface area contributed by atoms with Crippen molar-refractivity contribution < 1.29 is 5.11 Å². The summed E-state index contributed by atoms with van der Waals surface area (Å²) >= 11 is 6.96. The molecule has 0 fully saturated rings. The zero-order valence-corrected chi connectivity index (χ0v) is 17.5. The Morgan fingerprint density at radius 2 is 0.926 bits per heavy atom. The molecule has 1 nitrogen and oxygen atoms in total. The number of aromatic hydroxyl groups is 1. The zero-order chi connectivity index (χ0) is 18.8. The molecule has 0 atom stereocenters. The van der Waals surface area contributed by atoms with Gasteiger partial charge in [-0.3, -0.25) is 0 Å². The van der Waals surface area contributed by atoms with Crippen LogP contribution in [0, 0.1) is 0 Å². The van der Waals surface area contributed by atoms with Crippen molar-refractivity contribution in [2.75, 3.05) is 0 Å². The van der Waals surface area contributed by atoms with Crippen LogP contribution < -0.4 is 0 Å². The second kappa shape index (κ2) is 7.71. The van der Waals surface area contributed by atoms with E-state index in [0.717, 1.165) is 42.3 Å². The first-order chi connectivity index (χ1) is 13.1. The molecule has 132 valence electrons. The van der Waals surface area contributed by atoms with E-state index >= 15 is 0 Å². The summed E-state index contributed by atoms with van der Waals surface area (Å²) in [7, 11) is 0. The van der Waals surface area contributed by atoms with Crippen LogP contribution in [0.4, 0.5) is 0 Å². The first kappa shape index (κ1) is 18.0. The predicted octanol–water partition coefficient (Wildman–Crippen LogP) is 7.92. The van der Waals surface area contributed by atoms with E-state index in [-0.39, 0.29) is 0 Å². The molecule has 4 aromatic carbocycles. The van der Waals surface area contributed by atoms with E-state index in [0.29, 0.717) is 5.75 Å². The number of phenols is 1. The fourth-order valence-electron chi connectivity index (χ4n) is 3.13. The third-order valence-electron chi connectivity index (χ3n) is 4.53. The molecular weight excluding hydrogens is 464 g/mol. The van der Waals surface area contributed by atoms with Crippen molar-refractivity contribution in [1.82, 2.24) is 0 Å². The Kier molecular flexibility index (Phi) is 5.15. The SMILES string of the molecule is Oc1c(-c2ccc(Br)cc2)cc(-c2ccccc2)cc1-c1ccc(Br)cc1. The van der Waals surface area contributed by atoms with Crippen LogP contribution in [0.5, 0.6) is 5.75 Å². The van der Waals surface area contributed by atoms with Gasteiger partial charge in [-0.1, -0.05) is 86.5 Å².